The molecule has 0 fully saturated rings. The summed E-state index contributed by atoms with van der Waals surface area (Å²) in [7, 11) is 0. The molecule has 1 atom stereocenters. The maximum absolute atomic E-state index is 13.0. The predicted molar refractivity (Wildman–Crippen MR) is 64.6 cm³/mol. The Hall–Kier alpha value is -0.530. The second-order valence-electron chi connectivity index (χ2n) is 5.19. The van der Waals surface area contributed by atoms with Crippen molar-refractivity contribution in [3.63, 3.8) is 0 Å². The summed E-state index contributed by atoms with van der Waals surface area (Å²) in [6.45, 7) is 2.01. The van der Waals surface area contributed by atoms with Gasteiger partial charge in [0, 0.05) is 6.42 Å². The van der Waals surface area contributed by atoms with Crippen molar-refractivity contribution in [1.29, 1.82) is 0 Å². The van der Waals surface area contributed by atoms with Crippen molar-refractivity contribution in [3.05, 3.63) is 0 Å². The van der Waals surface area contributed by atoms with Gasteiger partial charge in [-0.3, -0.25) is 0 Å². The first-order valence-corrected chi connectivity index (χ1v) is 6.96. The molecule has 0 rings (SSSR count). The standard InChI is InChI=1S/C13H21F7O/c1-2-3-4-5-6-7-8-10(21)9-11(14,15)12(16,17)13(18,19)20/h10,21H,2-9H2,1H3. The van der Waals surface area contributed by atoms with E-state index >= 15 is 0 Å². The molecular weight excluding hydrogens is 305 g/mol. The molecule has 0 bridgehead atoms. The number of aliphatic hydroxyl groups is 1. The second kappa shape index (κ2) is 8.19. The van der Waals surface area contributed by atoms with Crippen LogP contribution in [0.3, 0.4) is 0 Å². The number of unbranched alkanes of at least 4 members (excludes halogenated alkanes) is 5. The van der Waals surface area contributed by atoms with Gasteiger partial charge in [0.25, 0.3) is 0 Å². The van der Waals surface area contributed by atoms with Crippen molar-refractivity contribution in [1.82, 2.24) is 0 Å². The lowest BCUT2D eigenvalue weighted by molar-refractivity contribution is -0.358. The van der Waals surface area contributed by atoms with Crippen molar-refractivity contribution in [2.24, 2.45) is 0 Å². The van der Waals surface area contributed by atoms with Crippen LogP contribution in [-0.4, -0.2) is 29.2 Å². The van der Waals surface area contributed by atoms with Gasteiger partial charge < -0.3 is 5.11 Å². The molecule has 0 aliphatic rings. The third-order valence-electron chi connectivity index (χ3n) is 3.20. The van der Waals surface area contributed by atoms with Gasteiger partial charge in [0.1, 0.15) is 0 Å². The van der Waals surface area contributed by atoms with Crippen LogP contribution in [0.25, 0.3) is 0 Å². The first kappa shape index (κ1) is 20.5. The molecule has 0 aromatic rings. The van der Waals surface area contributed by atoms with Crippen molar-refractivity contribution >= 4 is 0 Å². The second-order valence-corrected chi connectivity index (χ2v) is 5.19. The number of aliphatic hydroxyl groups excluding tert-OH is 1. The molecule has 0 amide bonds. The molecule has 0 aromatic heterocycles. The van der Waals surface area contributed by atoms with Crippen LogP contribution < -0.4 is 0 Å². The Balaban J connectivity index is 4.21. The molecule has 0 radical (unpaired) electrons. The van der Waals surface area contributed by atoms with Crippen molar-refractivity contribution in [2.75, 3.05) is 0 Å². The van der Waals surface area contributed by atoms with E-state index < -0.39 is 30.5 Å². The largest absolute Gasteiger partial charge is 0.459 e. The van der Waals surface area contributed by atoms with E-state index in [0.29, 0.717) is 12.8 Å². The topological polar surface area (TPSA) is 20.2 Å². The van der Waals surface area contributed by atoms with Crippen LogP contribution in [0.2, 0.25) is 0 Å². The Morgan fingerprint density at radius 3 is 1.76 bits per heavy atom. The molecule has 1 N–H and O–H groups in total. The maximum atomic E-state index is 13.0. The fourth-order valence-corrected chi connectivity index (χ4v) is 1.89. The number of halogens is 7. The summed E-state index contributed by atoms with van der Waals surface area (Å²) in [6.07, 6.45) is -5.60. The third kappa shape index (κ3) is 6.40. The molecule has 0 heterocycles. The van der Waals surface area contributed by atoms with E-state index in [2.05, 4.69) is 0 Å². The van der Waals surface area contributed by atoms with Gasteiger partial charge in [-0.15, -0.1) is 0 Å². The highest BCUT2D eigenvalue weighted by Gasteiger charge is 2.72. The van der Waals surface area contributed by atoms with Gasteiger partial charge in [0.05, 0.1) is 6.10 Å². The average molecular weight is 326 g/mol. The molecule has 0 spiro atoms. The van der Waals surface area contributed by atoms with Gasteiger partial charge in [0.2, 0.25) is 0 Å². The molecule has 1 unspecified atom stereocenters. The highest BCUT2D eigenvalue weighted by molar-refractivity contribution is 4.92. The lowest BCUT2D eigenvalue weighted by atomic mass is 9.99. The minimum atomic E-state index is -6.34. The highest BCUT2D eigenvalue weighted by Crippen LogP contribution is 2.48. The van der Waals surface area contributed by atoms with Crippen LogP contribution in [0.4, 0.5) is 30.7 Å². The van der Waals surface area contributed by atoms with E-state index in [0.717, 1.165) is 25.7 Å². The van der Waals surface area contributed by atoms with E-state index in [1.54, 1.807) is 0 Å². The lowest BCUT2D eigenvalue weighted by Crippen LogP contribution is -2.53. The summed E-state index contributed by atoms with van der Waals surface area (Å²) in [5.41, 5.74) is 0. The highest BCUT2D eigenvalue weighted by atomic mass is 19.4. The quantitative estimate of drug-likeness (QED) is 0.425. The lowest BCUT2D eigenvalue weighted by Gasteiger charge is -2.29. The zero-order valence-electron chi connectivity index (χ0n) is 11.8. The first-order chi connectivity index (χ1) is 9.45. The Morgan fingerprint density at radius 2 is 1.29 bits per heavy atom. The van der Waals surface area contributed by atoms with Gasteiger partial charge in [0.15, 0.2) is 0 Å². The van der Waals surface area contributed by atoms with Crippen LogP contribution >= 0.6 is 0 Å². The summed E-state index contributed by atoms with van der Waals surface area (Å²) >= 11 is 0. The van der Waals surface area contributed by atoms with Gasteiger partial charge in [-0.1, -0.05) is 45.4 Å². The Kier molecular flexibility index (Phi) is 7.99. The van der Waals surface area contributed by atoms with Crippen LogP contribution in [0.1, 0.15) is 58.3 Å². The van der Waals surface area contributed by atoms with E-state index in [9.17, 15) is 35.8 Å². The smallest absolute Gasteiger partial charge is 0.393 e. The number of hydrogen-bond donors (Lipinski definition) is 1. The average Bonchev–Trinajstić information content (AvgIpc) is 2.31. The molecule has 0 aliphatic carbocycles. The summed E-state index contributed by atoms with van der Waals surface area (Å²) in [6, 6.07) is 0. The maximum Gasteiger partial charge on any atom is 0.459 e. The molecule has 1 nitrogen and oxygen atoms in total. The van der Waals surface area contributed by atoms with Gasteiger partial charge in [-0.05, 0) is 6.42 Å². The normalized spacial score (nSPS) is 15.3. The molecule has 0 saturated heterocycles. The molecule has 0 aromatic carbocycles. The van der Waals surface area contributed by atoms with Crippen molar-refractivity contribution in [3.8, 4) is 0 Å². The van der Waals surface area contributed by atoms with Crippen LogP contribution in [-0.2, 0) is 0 Å². The van der Waals surface area contributed by atoms with Crippen LogP contribution in [0.5, 0.6) is 0 Å². The fraction of sp³-hybridized carbons (Fsp3) is 1.00. The Morgan fingerprint density at radius 1 is 0.810 bits per heavy atom. The molecular formula is C13H21F7O. The van der Waals surface area contributed by atoms with E-state index in [4.69, 9.17) is 0 Å². The third-order valence-corrected chi connectivity index (χ3v) is 3.20. The summed E-state index contributed by atoms with van der Waals surface area (Å²) < 4.78 is 86.9. The van der Waals surface area contributed by atoms with Gasteiger partial charge in [-0.2, -0.15) is 30.7 Å². The summed E-state index contributed by atoms with van der Waals surface area (Å²) in [4.78, 5) is 0. The molecule has 21 heavy (non-hydrogen) atoms. The van der Waals surface area contributed by atoms with Gasteiger partial charge in [-0.25, -0.2) is 0 Å². The number of alkyl halides is 7. The molecule has 8 heteroatoms. The monoisotopic (exact) mass is 326 g/mol. The summed E-state index contributed by atoms with van der Waals surface area (Å²) in [5, 5.41) is 9.24. The predicted octanol–water partition coefficient (Wildman–Crippen LogP) is 5.32. The molecule has 0 saturated carbocycles. The molecule has 128 valence electrons. The minimum absolute atomic E-state index is 0.213. The molecule has 0 aliphatic heterocycles. The first-order valence-electron chi connectivity index (χ1n) is 6.96. The van der Waals surface area contributed by atoms with Crippen LogP contribution in [0.15, 0.2) is 0 Å². The summed E-state index contributed by atoms with van der Waals surface area (Å²) in [5.74, 6) is -11.4. The van der Waals surface area contributed by atoms with Crippen molar-refractivity contribution < 1.29 is 35.8 Å². The SMILES string of the molecule is CCCCCCCCC(O)CC(F)(F)C(F)(F)C(F)(F)F. The zero-order valence-corrected chi connectivity index (χ0v) is 11.8. The van der Waals surface area contributed by atoms with Crippen LogP contribution in [0, 0.1) is 0 Å². The van der Waals surface area contributed by atoms with E-state index in [1.807, 2.05) is 6.92 Å². The van der Waals surface area contributed by atoms with Crippen molar-refractivity contribution in [2.45, 2.75) is 82.4 Å². The number of hydrogen-bond acceptors (Lipinski definition) is 1. The van der Waals surface area contributed by atoms with E-state index in [1.165, 1.54) is 0 Å². The fourth-order valence-electron chi connectivity index (χ4n) is 1.89. The van der Waals surface area contributed by atoms with E-state index in [-0.39, 0.29) is 6.42 Å². The Bertz CT molecular complexity index is 289. The number of rotatable bonds is 10. The van der Waals surface area contributed by atoms with Gasteiger partial charge >= 0.3 is 18.0 Å². The Labute approximate surface area is 119 Å². The zero-order chi connectivity index (χ0) is 16.7. The minimum Gasteiger partial charge on any atom is -0.393 e.